The van der Waals surface area contributed by atoms with Gasteiger partial charge in [0.2, 0.25) is 11.8 Å². The fourth-order valence-corrected chi connectivity index (χ4v) is 2.98. The van der Waals surface area contributed by atoms with Gasteiger partial charge in [-0.25, -0.2) is 4.39 Å². The molecule has 0 saturated carbocycles. The van der Waals surface area contributed by atoms with Crippen LogP contribution >= 0.6 is 0 Å². The largest absolute Gasteiger partial charge is 0.467 e. The van der Waals surface area contributed by atoms with Gasteiger partial charge in [-0.2, -0.15) is 0 Å². The third-order valence-electron chi connectivity index (χ3n) is 4.18. The summed E-state index contributed by atoms with van der Waals surface area (Å²) in [6.07, 6.45) is 1.76. The molecule has 0 aliphatic carbocycles. The maximum absolute atomic E-state index is 13.2. The van der Waals surface area contributed by atoms with Crippen molar-refractivity contribution in [2.45, 2.75) is 19.5 Å². The zero-order valence-electron chi connectivity index (χ0n) is 13.4. The van der Waals surface area contributed by atoms with Crippen molar-refractivity contribution in [3.05, 3.63) is 59.8 Å². The number of furan rings is 1. The number of hydrogen-bond donors (Lipinski definition) is 0. The zero-order valence-corrected chi connectivity index (χ0v) is 13.4. The molecule has 0 spiro atoms. The van der Waals surface area contributed by atoms with E-state index < -0.39 is 0 Å². The van der Waals surface area contributed by atoms with Crippen molar-refractivity contribution in [2.24, 2.45) is 5.92 Å². The first-order valence-electron chi connectivity index (χ1n) is 7.82. The van der Waals surface area contributed by atoms with Crippen LogP contribution in [0, 0.1) is 11.7 Å². The maximum atomic E-state index is 13.2. The van der Waals surface area contributed by atoms with E-state index in [1.54, 1.807) is 47.4 Å². The van der Waals surface area contributed by atoms with Crippen LogP contribution in [0.1, 0.15) is 17.7 Å². The van der Waals surface area contributed by atoms with E-state index in [-0.39, 0.29) is 30.0 Å². The molecule has 0 N–H and O–H groups in total. The first-order valence-corrected chi connectivity index (χ1v) is 7.82. The van der Waals surface area contributed by atoms with Gasteiger partial charge in [-0.05, 0) is 29.8 Å². The highest BCUT2D eigenvalue weighted by molar-refractivity contribution is 5.89. The second-order valence-electron chi connectivity index (χ2n) is 6.08. The Labute approximate surface area is 139 Å². The Morgan fingerprint density at radius 3 is 2.92 bits per heavy atom. The molecule has 1 aromatic heterocycles. The quantitative estimate of drug-likeness (QED) is 0.846. The fourth-order valence-electron chi connectivity index (χ4n) is 2.98. The summed E-state index contributed by atoms with van der Waals surface area (Å²) in [5.41, 5.74) is 0.725. The molecule has 0 bridgehead atoms. The van der Waals surface area contributed by atoms with Crippen molar-refractivity contribution < 1.29 is 18.4 Å². The molecule has 5 nitrogen and oxygen atoms in total. The van der Waals surface area contributed by atoms with Crippen molar-refractivity contribution >= 4 is 11.8 Å². The Bertz CT molecular complexity index is 730. The fraction of sp³-hybridized carbons (Fsp3) is 0.333. The lowest BCUT2D eigenvalue weighted by molar-refractivity contribution is -0.135. The van der Waals surface area contributed by atoms with Crippen molar-refractivity contribution in [1.29, 1.82) is 0 Å². The van der Waals surface area contributed by atoms with Gasteiger partial charge in [-0.1, -0.05) is 12.1 Å². The van der Waals surface area contributed by atoms with E-state index in [1.165, 1.54) is 12.1 Å². The van der Waals surface area contributed by atoms with Crippen molar-refractivity contribution in [3.8, 4) is 0 Å². The minimum Gasteiger partial charge on any atom is -0.467 e. The molecule has 2 heterocycles. The molecule has 0 radical (unpaired) electrons. The number of halogens is 1. The number of benzene rings is 1. The summed E-state index contributed by atoms with van der Waals surface area (Å²) in [5.74, 6) is -0.150. The first-order chi connectivity index (χ1) is 11.5. The molecule has 1 unspecified atom stereocenters. The molecule has 1 saturated heterocycles. The van der Waals surface area contributed by atoms with Crippen molar-refractivity contribution in [1.82, 2.24) is 9.80 Å². The predicted molar refractivity (Wildman–Crippen MR) is 85.1 cm³/mol. The van der Waals surface area contributed by atoms with Crippen LogP contribution in [-0.4, -0.2) is 35.2 Å². The monoisotopic (exact) mass is 330 g/mol. The van der Waals surface area contributed by atoms with E-state index in [4.69, 9.17) is 4.42 Å². The Morgan fingerprint density at radius 1 is 1.38 bits per heavy atom. The Hall–Kier alpha value is -2.63. The zero-order chi connectivity index (χ0) is 17.1. The van der Waals surface area contributed by atoms with Crippen molar-refractivity contribution in [2.75, 3.05) is 13.6 Å². The van der Waals surface area contributed by atoms with Gasteiger partial charge in [0.15, 0.2) is 0 Å². The van der Waals surface area contributed by atoms with E-state index in [1.807, 2.05) is 0 Å². The molecular formula is C18H19FN2O3. The second-order valence-corrected chi connectivity index (χ2v) is 6.08. The number of carbonyl (C=O) groups excluding carboxylic acids is 2. The van der Waals surface area contributed by atoms with Crippen LogP contribution in [-0.2, 0) is 22.7 Å². The highest BCUT2D eigenvalue weighted by Gasteiger charge is 2.35. The van der Waals surface area contributed by atoms with E-state index >= 15 is 0 Å². The maximum Gasteiger partial charge on any atom is 0.228 e. The van der Waals surface area contributed by atoms with E-state index in [9.17, 15) is 14.0 Å². The SMILES string of the molecule is CN(Cc1cccc(F)c1)C(=O)C1CC(=O)N(Cc2ccco2)C1. The van der Waals surface area contributed by atoms with Gasteiger partial charge in [0.05, 0.1) is 18.7 Å². The van der Waals surface area contributed by atoms with Crippen LogP contribution in [0.25, 0.3) is 0 Å². The lowest BCUT2D eigenvalue weighted by atomic mass is 10.1. The normalized spacial score (nSPS) is 17.3. The van der Waals surface area contributed by atoms with Crippen LogP contribution in [0.5, 0.6) is 0 Å². The van der Waals surface area contributed by atoms with E-state index in [0.29, 0.717) is 25.4 Å². The number of carbonyl (C=O) groups is 2. The van der Waals surface area contributed by atoms with Gasteiger partial charge in [-0.15, -0.1) is 0 Å². The topological polar surface area (TPSA) is 53.8 Å². The number of amides is 2. The molecule has 1 aromatic carbocycles. The summed E-state index contributed by atoms with van der Waals surface area (Å²) in [7, 11) is 1.67. The van der Waals surface area contributed by atoms with Crippen LogP contribution in [0.2, 0.25) is 0 Å². The van der Waals surface area contributed by atoms with Gasteiger partial charge in [0, 0.05) is 26.6 Å². The molecule has 6 heteroatoms. The molecule has 1 aliphatic rings. The Balaban J connectivity index is 1.59. The lowest BCUT2D eigenvalue weighted by Crippen LogP contribution is -2.34. The Kier molecular flexibility index (Phi) is 4.64. The predicted octanol–water partition coefficient (Wildman–Crippen LogP) is 2.43. The number of hydrogen-bond acceptors (Lipinski definition) is 3. The third kappa shape index (κ3) is 3.64. The average Bonchev–Trinajstić information content (AvgIpc) is 3.17. The third-order valence-corrected chi connectivity index (χ3v) is 4.18. The van der Waals surface area contributed by atoms with E-state index in [2.05, 4.69) is 0 Å². The average molecular weight is 330 g/mol. The lowest BCUT2D eigenvalue weighted by Gasteiger charge is -2.21. The molecule has 1 aliphatic heterocycles. The van der Waals surface area contributed by atoms with Crippen LogP contribution in [0.4, 0.5) is 4.39 Å². The Morgan fingerprint density at radius 2 is 2.21 bits per heavy atom. The number of nitrogens with zero attached hydrogens (tertiary/aromatic N) is 2. The number of rotatable bonds is 5. The molecule has 1 fully saturated rings. The summed E-state index contributed by atoms with van der Waals surface area (Å²) in [6, 6.07) is 9.74. The van der Waals surface area contributed by atoms with Crippen LogP contribution in [0.15, 0.2) is 47.1 Å². The smallest absolute Gasteiger partial charge is 0.228 e. The molecular weight excluding hydrogens is 311 g/mol. The van der Waals surface area contributed by atoms with Crippen LogP contribution < -0.4 is 0 Å². The summed E-state index contributed by atoms with van der Waals surface area (Å²) in [5, 5.41) is 0. The summed E-state index contributed by atoms with van der Waals surface area (Å²) in [4.78, 5) is 27.8. The highest BCUT2D eigenvalue weighted by Crippen LogP contribution is 2.22. The standard InChI is InChI=1S/C18H19FN2O3/c1-20(10-13-4-2-5-15(19)8-13)18(23)14-9-17(22)21(11-14)12-16-6-3-7-24-16/h2-8,14H,9-12H2,1H3. The minimum absolute atomic E-state index is 0.0519. The summed E-state index contributed by atoms with van der Waals surface area (Å²) < 4.78 is 18.5. The molecule has 2 aromatic rings. The van der Waals surface area contributed by atoms with Gasteiger partial charge >= 0.3 is 0 Å². The van der Waals surface area contributed by atoms with Gasteiger partial charge in [0.1, 0.15) is 11.6 Å². The molecule has 24 heavy (non-hydrogen) atoms. The van der Waals surface area contributed by atoms with Crippen LogP contribution in [0.3, 0.4) is 0 Å². The van der Waals surface area contributed by atoms with Gasteiger partial charge in [0.25, 0.3) is 0 Å². The summed E-state index contributed by atoms with van der Waals surface area (Å²) >= 11 is 0. The molecule has 2 amide bonds. The first kappa shape index (κ1) is 16.2. The van der Waals surface area contributed by atoms with Gasteiger partial charge < -0.3 is 14.2 Å². The van der Waals surface area contributed by atoms with Gasteiger partial charge in [-0.3, -0.25) is 9.59 Å². The molecule has 126 valence electrons. The molecule has 1 atom stereocenters. The molecule has 3 rings (SSSR count). The summed E-state index contributed by atoms with van der Waals surface area (Å²) in [6.45, 7) is 1.08. The number of likely N-dealkylation sites (tertiary alicyclic amines) is 1. The highest BCUT2D eigenvalue weighted by atomic mass is 19.1. The van der Waals surface area contributed by atoms with E-state index in [0.717, 1.165) is 5.56 Å². The van der Waals surface area contributed by atoms with Crippen molar-refractivity contribution in [3.63, 3.8) is 0 Å². The second kappa shape index (κ2) is 6.86. The minimum atomic E-state index is -0.369.